The summed E-state index contributed by atoms with van der Waals surface area (Å²) in [6, 6.07) is -0.629. The van der Waals surface area contributed by atoms with Crippen molar-refractivity contribution >= 4 is 47.7 Å². The van der Waals surface area contributed by atoms with E-state index in [-0.39, 0.29) is 60.1 Å². The summed E-state index contributed by atoms with van der Waals surface area (Å²) in [6.45, 7) is 3.24. The number of aliphatic hydroxyl groups is 1. The number of carbonyl (C=O) groups is 3. The molecule has 3 N–H and O–H groups in total. The van der Waals surface area contributed by atoms with Crippen molar-refractivity contribution in [1.82, 2.24) is 9.80 Å². The molecule has 0 aromatic heterocycles. The molecule has 0 spiro atoms. The predicted octanol–water partition coefficient (Wildman–Crippen LogP) is 3.39. The molecule has 9 heteroatoms. The molecule has 159 valence electrons. The third-order valence-corrected chi connectivity index (χ3v) is 4.60. The van der Waals surface area contributed by atoms with Crippen LogP contribution in [0.15, 0.2) is 0 Å². The van der Waals surface area contributed by atoms with Crippen molar-refractivity contribution in [2.45, 2.75) is 84.1 Å². The molecule has 0 aliphatic rings. The summed E-state index contributed by atoms with van der Waals surface area (Å²) in [5.41, 5.74) is 0. The first kappa shape index (κ1) is 29.4. The van der Waals surface area contributed by atoms with E-state index in [0.717, 1.165) is 19.3 Å². The molecule has 1 radical (unpaired) electrons. The van der Waals surface area contributed by atoms with Crippen LogP contribution in [0.3, 0.4) is 0 Å². The van der Waals surface area contributed by atoms with Crippen molar-refractivity contribution in [3.05, 3.63) is 0 Å². The molecule has 0 aromatic rings. The van der Waals surface area contributed by atoms with Gasteiger partial charge in [0.2, 0.25) is 5.91 Å². The van der Waals surface area contributed by atoms with Crippen molar-refractivity contribution in [2.75, 3.05) is 19.7 Å². The van der Waals surface area contributed by atoms with Gasteiger partial charge in [-0.15, -0.1) is 0 Å². The van der Waals surface area contributed by atoms with E-state index in [1.807, 2.05) is 0 Å². The fourth-order valence-electron chi connectivity index (χ4n) is 3.03. The van der Waals surface area contributed by atoms with Crippen molar-refractivity contribution in [3.63, 3.8) is 0 Å². The standard InChI is InChI=1S/C19H36N2O6.Na/c1-3-4-5-6-7-8-9-10-11-12-17(23)20(13-14-22)16(2)15-21(18(24)25)19(26)27;/h16,22H,3-15H2,1-2H3,(H,24,25)(H,26,27);. The van der Waals surface area contributed by atoms with Gasteiger partial charge in [0.05, 0.1) is 13.2 Å². The van der Waals surface area contributed by atoms with Crippen molar-refractivity contribution in [2.24, 2.45) is 0 Å². The number of nitrogens with zero attached hydrogens (tertiary/aromatic N) is 2. The van der Waals surface area contributed by atoms with E-state index in [1.165, 1.54) is 43.4 Å². The van der Waals surface area contributed by atoms with Gasteiger partial charge in [0.1, 0.15) is 0 Å². The van der Waals surface area contributed by atoms with E-state index >= 15 is 0 Å². The number of hydrogen-bond donors (Lipinski definition) is 3. The van der Waals surface area contributed by atoms with Gasteiger partial charge in [0, 0.05) is 48.6 Å². The number of amides is 3. The quantitative estimate of drug-likeness (QED) is 0.281. The largest absolute Gasteiger partial charge is 0.465 e. The van der Waals surface area contributed by atoms with E-state index < -0.39 is 18.2 Å². The van der Waals surface area contributed by atoms with Gasteiger partial charge in [-0.05, 0) is 13.3 Å². The second-order valence-electron chi connectivity index (χ2n) is 6.91. The fourth-order valence-corrected chi connectivity index (χ4v) is 3.03. The first-order valence-corrected chi connectivity index (χ1v) is 9.98. The zero-order chi connectivity index (χ0) is 20.7. The summed E-state index contributed by atoms with van der Waals surface area (Å²) < 4.78 is 0. The molecule has 0 fully saturated rings. The third-order valence-electron chi connectivity index (χ3n) is 4.60. The molecule has 0 rings (SSSR count). The molecule has 8 nitrogen and oxygen atoms in total. The van der Waals surface area contributed by atoms with Crippen LogP contribution in [-0.4, -0.2) is 98.5 Å². The van der Waals surface area contributed by atoms with Gasteiger partial charge in [-0.25, -0.2) is 14.5 Å². The fraction of sp³-hybridized carbons (Fsp3) is 0.842. The smallest absolute Gasteiger partial charge is 0.416 e. The molecule has 0 aliphatic carbocycles. The first-order chi connectivity index (χ1) is 12.8. The zero-order valence-electron chi connectivity index (χ0n) is 17.7. The summed E-state index contributed by atoms with van der Waals surface area (Å²) in [7, 11) is 0. The molecular weight excluding hydrogens is 375 g/mol. The second kappa shape index (κ2) is 18.2. The van der Waals surface area contributed by atoms with Crippen LogP contribution in [0.25, 0.3) is 0 Å². The molecule has 1 unspecified atom stereocenters. The van der Waals surface area contributed by atoms with Crippen molar-refractivity contribution in [3.8, 4) is 0 Å². The Morgan fingerprint density at radius 2 is 1.32 bits per heavy atom. The Balaban J connectivity index is 0. The first-order valence-electron chi connectivity index (χ1n) is 9.98. The third kappa shape index (κ3) is 13.4. The maximum atomic E-state index is 12.4. The molecule has 0 saturated heterocycles. The Bertz CT molecular complexity index is 436. The van der Waals surface area contributed by atoms with Crippen LogP contribution < -0.4 is 0 Å². The van der Waals surface area contributed by atoms with E-state index in [0.29, 0.717) is 6.42 Å². The summed E-state index contributed by atoms with van der Waals surface area (Å²) in [5.74, 6) is -0.185. The van der Waals surface area contributed by atoms with Crippen LogP contribution in [0.5, 0.6) is 0 Å². The number of carbonyl (C=O) groups excluding carboxylic acids is 1. The van der Waals surface area contributed by atoms with E-state index in [1.54, 1.807) is 6.92 Å². The number of imide groups is 1. The van der Waals surface area contributed by atoms with Crippen LogP contribution in [0, 0.1) is 0 Å². The van der Waals surface area contributed by atoms with Crippen molar-refractivity contribution < 1.29 is 29.7 Å². The molecular formula is C19H36N2NaO6. The molecule has 0 aromatic carbocycles. The predicted molar refractivity (Wildman–Crippen MR) is 109 cm³/mol. The maximum Gasteiger partial charge on any atom is 0.416 e. The van der Waals surface area contributed by atoms with E-state index in [4.69, 9.17) is 10.2 Å². The minimum Gasteiger partial charge on any atom is -0.465 e. The summed E-state index contributed by atoms with van der Waals surface area (Å²) >= 11 is 0. The Morgan fingerprint density at radius 3 is 1.75 bits per heavy atom. The van der Waals surface area contributed by atoms with Crippen LogP contribution in [0.2, 0.25) is 0 Å². The Kier molecular flexibility index (Phi) is 19.1. The molecule has 0 bridgehead atoms. The van der Waals surface area contributed by atoms with Gasteiger partial charge in [-0.2, -0.15) is 0 Å². The Labute approximate surface area is 190 Å². The van der Waals surface area contributed by atoms with Gasteiger partial charge < -0.3 is 20.2 Å². The molecule has 0 aliphatic heterocycles. The van der Waals surface area contributed by atoms with Crippen molar-refractivity contribution in [1.29, 1.82) is 0 Å². The van der Waals surface area contributed by atoms with E-state index in [2.05, 4.69) is 6.92 Å². The van der Waals surface area contributed by atoms with Crippen LogP contribution in [0.1, 0.15) is 78.1 Å². The number of carboxylic acid groups (broad SMARTS) is 2. The topological polar surface area (TPSA) is 118 Å². The Morgan fingerprint density at radius 1 is 0.857 bits per heavy atom. The second-order valence-corrected chi connectivity index (χ2v) is 6.91. The number of aliphatic hydroxyl groups excluding tert-OH is 1. The number of hydrogen-bond acceptors (Lipinski definition) is 4. The van der Waals surface area contributed by atoms with Crippen LogP contribution >= 0.6 is 0 Å². The average molecular weight is 411 g/mol. The van der Waals surface area contributed by atoms with Gasteiger partial charge in [-0.3, -0.25) is 4.79 Å². The normalized spacial score (nSPS) is 11.4. The van der Waals surface area contributed by atoms with Gasteiger partial charge in [0.15, 0.2) is 0 Å². The van der Waals surface area contributed by atoms with Gasteiger partial charge >= 0.3 is 12.2 Å². The zero-order valence-corrected chi connectivity index (χ0v) is 19.7. The SMILES string of the molecule is CCCCCCCCCCCC(=O)N(CCO)C(C)CN(C(=O)O)C(=O)O.[Na]. The summed E-state index contributed by atoms with van der Waals surface area (Å²) in [6.07, 6.45) is 7.40. The Hall–Kier alpha value is -0.830. The van der Waals surface area contributed by atoms with Gasteiger partial charge in [-0.1, -0.05) is 58.3 Å². The molecule has 28 heavy (non-hydrogen) atoms. The average Bonchev–Trinajstić information content (AvgIpc) is 2.61. The molecule has 0 saturated carbocycles. The minimum atomic E-state index is -1.58. The molecule has 0 heterocycles. The van der Waals surface area contributed by atoms with Gasteiger partial charge in [0.25, 0.3) is 0 Å². The monoisotopic (exact) mass is 411 g/mol. The van der Waals surface area contributed by atoms with Crippen LogP contribution in [0.4, 0.5) is 9.59 Å². The summed E-state index contributed by atoms with van der Waals surface area (Å²) in [4.78, 5) is 36.0. The molecule has 3 amide bonds. The number of rotatable bonds is 15. The van der Waals surface area contributed by atoms with E-state index in [9.17, 15) is 19.5 Å². The minimum absolute atomic E-state index is 0. The number of unbranched alkanes of at least 4 members (excludes halogenated alkanes) is 8. The summed E-state index contributed by atoms with van der Waals surface area (Å²) in [5, 5.41) is 27.0. The maximum absolute atomic E-state index is 12.4. The molecule has 1 atom stereocenters. The van der Waals surface area contributed by atoms with Crippen LogP contribution in [-0.2, 0) is 4.79 Å².